The zero-order chi connectivity index (χ0) is 9.40. The van der Waals surface area contributed by atoms with Crippen molar-refractivity contribution in [2.24, 2.45) is 17.2 Å². The summed E-state index contributed by atoms with van der Waals surface area (Å²) in [5.74, 6) is 0.0915. The molecule has 0 aliphatic carbocycles. The van der Waals surface area contributed by atoms with E-state index in [2.05, 4.69) is 0 Å². The fourth-order valence-electron chi connectivity index (χ4n) is 1.02. The van der Waals surface area contributed by atoms with Gasteiger partial charge in [0.2, 0.25) is 0 Å². The standard InChI is InChI=1S/C8H20N4/c9-6-4-2-1-3-5-7(10)8(11)12/h7H,1-6,9-10H2,(H3,11,12). The van der Waals surface area contributed by atoms with Gasteiger partial charge in [-0.2, -0.15) is 0 Å². The molecule has 0 radical (unpaired) electrons. The number of hydrogen-bond donors (Lipinski definition) is 4. The van der Waals surface area contributed by atoms with Crippen molar-refractivity contribution in [3.05, 3.63) is 0 Å². The minimum Gasteiger partial charge on any atom is -0.386 e. The maximum absolute atomic E-state index is 7.05. The van der Waals surface area contributed by atoms with Gasteiger partial charge >= 0.3 is 0 Å². The molecule has 0 rings (SSSR count). The van der Waals surface area contributed by atoms with E-state index < -0.39 is 0 Å². The lowest BCUT2D eigenvalue weighted by atomic mass is 10.1. The Balaban J connectivity index is 3.14. The summed E-state index contributed by atoms with van der Waals surface area (Å²) in [6, 6.07) is -0.247. The molecular formula is C8H20N4. The summed E-state index contributed by atoms with van der Waals surface area (Å²) in [4.78, 5) is 0. The number of unbranched alkanes of at least 4 members (excludes halogenated alkanes) is 3. The van der Waals surface area contributed by atoms with E-state index in [0.29, 0.717) is 0 Å². The molecule has 1 unspecified atom stereocenters. The Morgan fingerprint density at radius 3 is 2.25 bits per heavy atom. The van der Waals surface area contributed by atoms with Gasteiger partial charge < -0.3 is 17.2 Å². The summed E-state index contributed by atoms with van der Waals surface area (Å²) < 4.78 is 0. The maximum atomic E-state index is 7.05. The maximum Gasteiger partial charge on any atom is 0.108 e. The van der Waals surface area contributed by atoms with Crippen LogP contribution < -0.4 is 17.2 Å². The first-order chi connectivity index (χ1) is 5.68. The SMILES string of the molecule is N=C(N)C(N)CCCCCCN. The molecule has 0 saturated heterocycles. The van der Waals surface area contributed by atoms with Gasteiger partial charge in [0.15, 0.2) is 0 Å². The Morgan fingerprint density at radius 1 is 1.17 bits per heavy atom. The molecule has 0 amide bonds. The molecular weight excluding hydrogens is 152 g/mol. The van der Waals surface area contributed by atoms with Crippen LogP contribution in [0.1, 0.15) is 32.1 Å². The highest BCUT2D eigenvalue weighted by atomic mass is 14.8. The van der Waals surface area contributed by atoms with Crippen molar-refractivity contribution in [1.29, 1.82) is 5.41 Å². The summed E-state index contributed by atoms with van der Waals surface area (Å²) >= 11 is 0. The smallest absolute Gasteiger partial charge is 0.108 e. The minimum absolute atomic E-state index is 0.0915. The molecule has 72 valence electrons. The first kappa shape index (κ1) is 11.4. The molecule has 12 heavy (non-hydrogen) atoms. The Kier molecular flexibility index (Phi) is 6.70. The predicted octanol–water partition coefficient (Wildman–Crippen LogP) is 0.159. The first-order valence-corrected chi connectivity index (χ1v) is 4.48. The lowest BCUT2D eigenvalue weighted by Gasteiger charge is -2.08. The minimum atomic E-state index is -0.247. The van der Waals surface area contributed by atoms with Crippen molar-refractivity contribution in [2.75, 3.05) is 6.54 Å². The fourth-order valence-corrected chi connectivity index (χ4v) is 1.02. The molecule has 0 aromatic carbocycles. The normalized spacial score (nSPS) is 12.8. The average molecular weight is 172 g/mol. The van der Waals surface area contributed by atoms with Gasteiger partial charge in [-0.25, -0.2) is 0 Å². The highest BCUT2D eigenvalue weighted by molar-refractivity contribution is 5.82. The molecule has 0 aliphatic rings. The summed E-state index contributed by atoms with van der Waals surface area (Å²) in [5.41, 5.74) is 16.1. The van der Waals surface area contributed by atoms with E-state index in [0.717, 1.165) is 38.6 Å². The molecule has 0 saturated carbocycles. The summed E-state index contributed by atoms with van der Waals surface area (Å²) in [5, 5.41) is 7.05. The lowest BCUT2D eigenvalue weighted by molar-refractivity contribution is 0.599. The quantitative estimate of drug-likeness (QED) is 0.250. The van der Waals surface area contributed by atoms with Gasteiger partial charge in [-0.05, 0) is 19.4 Å². The van der Waals surface area contributed by atoms with Crippen molar-refractivity contribution in [3.8, 4) is 0 Å². The largest absolute Gasteiger partial charge is 0.386 e. The van der Waals surface area contributed by atoms with E-state index >= 15 is 0 Å². The van der Waals surface area contributed by atoms with Crippen LogP contribution in [-0.4, -0.2) is 18.4 Å². The number of amidine groups is 1. The number of rotatable bonds is 7. The van der Waals surface area contributed by atoms with Gasteiger partial charge in [0.25, 0.3) is 0 Å². The molecule has 1 atom stereocenters. The van der Waals surface area contributed by atoms with Crippen molar-refractivity contribution < 1.29 is 0 Å². The third-order valence-corrected chi connectivity index (χ3v) is 1.87. The highest BCUT2D eigenvalue weighted by Gasteiger charge is 2.03. The monoisotopic (exact) mass is 172 g/mol. The van der Waals surface area contributed by atoms with Crippen molar-refractivity contribution >= 4 is 5.84 Å². The van der Waals surface area contributed by atoms with Gasteiger partial charge in [-0.1, -0.05) is 19.3 Å². The molecule has 4 nitrogen and oxygen atoms in total. The molecule has 0 aromatic heterocycles. The van der Waals surface area contributed by atoms with Crippen LogP contribution in [0.3, 0.4) is 0 Å². The van der Waals surface area contributed by atoms with E-state index in [1.165, 1.54) is 0 Å². The van der Waals surface area contributed by atoms with Crippen molar-refractivity contribution in [3.63, 3.8) is 0 Å². The van der Waals surface area contributed by atoms with E-state index in [9.17, 15) is 0 Å². The van der Waals surface area contributed by atoms with E-state index in [1.54, 1.807) is 0 Å². The lowest BCUT2D eigenvalue weighted by Crippen LogP contribution is -2.35. The summed E-state index contributed by atoms with van der Waals surface area (Å²) in [6.45, 7) is 0.763. The fraction of sp³-hybridized carbons (Fsp3) is 0.875. The van der Waals surface area contributed by atoms with Crippen LogP contribution in [-0.2, 0) is 0 Å². The molecule has 0 aromatic rings. The van der Waals surface area contributed by atoms with Crippen LogP contribution in [0.4, 0.5) is 0 Å². The molecule has 0 spiro atoms. The van der Waals surface area contributed by atoms with Crippen LogP contribution in [0, 0.1) is 5.41 Å². The number of nitrogens with one attached hydrogen (secondary N) is 1. The first-order valence-electron chi connectivity index (χ1n) is 4.48. The van der Waals surface area contributed by atoms with Gasteiger partial charge in [-0.15, -0.1) is 0 Å². The summed E-state index contributed by atoms with van der Waals surface area (Å²) in [7, 11) is 0. The Bertz CT molecular complexity index is 124. The molecule has 4 heteroatoms. The molecule has 0 heterocycles. The molecule has 0 aliphatic heterocycles. The van der Waals surface area contributed by atoms with E-state index in [-0.39, 0.29) is 11.9 Å². The summed E-state index contributed by atoms with van der Waals surface area (Å²) in [6.07, 6.45) is 5.23. The third-order valence-electron chi connectivity index (χ3n) is 1.87. The number of nitrogens with two attached hydrogens (primary N) is 3. The Morgan fingerprint density at radius 2 is 1.75 bits per heavy atom. The average Bonchev–Trinajstić information content (AvgIpc) is 2.03. The molecule has 0 fully saturated rings. The van der Waals surface area contributed by atoms with E-state index in [1.807, 2.05) is 0 Å². The second-order valence-corrected chi connectivity index (χ2v) is 3.05. The van der Waals surface area contributed by atoms with Crippen LogP contribution in [0.25, 0.3) is 0 Å². The highest BCUT2D eigenvalue weighted by Crippen LogP contribution is 2.03. The second-order valence-electron chi connectivity index (χ2n) is 3.05. The predicted molar refractivity (Wildman–Crippen MR) is 52.0 cm³/mol. The van der Waals surface area contributed by atoms with E-state index in [4.69, 9.17) is 22.6 Å². The second kappa shape index (κ2) is 7.06. The number of hydrogen-bond acceptors (Lipinski definition) is 3. The molecule has 7 N–H and O–H groups in total. The topological polar surface area (TPSA) is 102 Å². The van der Waals surface area contributed by atoms with Gasteiger partial charge in [0.05, 0.1) is 6.04 Å². The zero-order valence-electron chi connectivity index (χ0n) is 7.55. The Hall–Kier alpha value is -0.610. The van der Waals surface area contributed by atoms with Crippen LogP contribution in [0.15, 0.2) is 0 Å². The Labute approximate surface area is 74.0 Å². The molecule has 0 bridgehead atoms. The third kappa shape index (κ3) is 6.12. The van der Waals surface area contributed by atoms with Crippen LogP contribution >= 0.6 is 0 Å². The van der Waals surface area contributed by atoms with Gasteiger partial charge in [0, 0.05) is 0 Å². The zero-order valence-corrected chi connectivity index (χ0v) is 7.55. The van der Waals surface area contributed by atoms with Crippen LogP contribution in [0.2, 0.25) is 0 Å². The van der Waals surface area contributed by atoms with Crippen molar-refractivity contribution in [2.45, 2.75) is 38.1 Å². The van der Waals surface area contributed by atoms with Crippen molar-refractivity contribution in [1.82, 2.24) is 0 Å². The van der Waals surface area contributed by atoms with Crippen LogP contribution in [0.5, 0.6) is 0 Å². The van der Waals surface area contributed by atoms with Gasteiger partial charge in [0.1, 0.15) is 5.84 Å². The van der Waals surface area contributed by atoms with Gasteiger partial charge in [-0.3, -0.25) is 5.41 Å².